The van der Waals surface area contributed by atoms with Crippen molar-refractivity contribution < 1.29 is 18.7 Å². The highest BCUT2D eigenvalue weighted by molar-refractivity contribution is 6.10. The Hall–Kier alpha value is -2.95. The number of rotatable bonds is 5. The lowest BCUT2D eigenvalue weighted by Gasteiger charge is -2.12. The molecule has 5 heteroatoms. The third-order valence-electron chi connectivity index (χ3n) is 3.77. The van der Waals surface area contributed by atoms with E-state index in [0.717, 1.165) is 10.9 Å². The molecule has 0 saturated carbocycles. The van der Waals surface area contributed by atoms with Crippen LogP contribution in [-0.4, -0.2) is 22.8 Å². The van der Waals surface area contributed by atoms with Crippen molar-refractivity contribution in [3.05, 3.63) is 71.7 Å². The number of nitrogens with one attached hydrogen (secondary N) is 1. The van der Waals surface area contributed by atoms with Gasteiger partial charge in [0.05, 0.1) is 6.42 Å². The van der Waals surface area contributed by atoms with Gasteiger partial charge in [0.25, 0.3) is 0 Å². The van der Waals surface area contributed by atoms with Crippen LogP contribution in [0, 0.1) is 5.82 Å². The van der Waals surface area contributed by atoms with Gasteiger partial charge in [-0.15, -0.1) is 0 Å². The van der Waals surface area contributed by atoms with Gasteiger partial charge in [0, 0.05) is 22.7 Å². The molecule has 0 spiro atoms. The summed E-state index contributed by atoms with van der Waals surface area (Å²) in [5, 5.41) is 0.788. The molecule has 0 bridgehead atoms. The first kappa shape index (κ1) is 15.9. The molecule has 0 aliphatic carbocycles. The molecule has 0 aliphatic heterocycles. The standard InChI is InChI=1S/C19H16FNO3/c1-12(24-18(22)10-13-5-4-6-14(20)9-13)19(23)16-11-21-17-8-3-2-7-15(16)17/h2-9,11-12,21H,10H2,1H3/t12-/m1/s1. The minimum Gasteiger partial charge on any atom is -0.454 e. The number of halogens is 1. The van der Waals surface area contributed by atoms with Crippen LogP contribution >= 0.6 is 0 Å². The molecule has 4 nitrogen and oxygen atoms in total. The topological polar surface area (TPSA) is 59.2 Å². The number of fused-ring (bicyclic) bond motifs is 1. The number of esters is 1. The van der Waals surface area contributed by atoms with E-state index in [1.807, 2.05) is 24.3 Å². The second-order valence-corrected chi connectivity index (χ2v) is 5.55. The Morgan fingerprint density at radius 1 is 1.17 bits per heavy atom. The summed E-state index contributed by atoms with van der Waals surface area (Å²) in [6.45, 7) is 1.54. The van der Waals surface area contributed by atoms with Crippen LogP contribution in [0.4, 0.5) is 4.39 Å². The van der Waals surface area contributed by atoms with Gasteiger partial charge in [0.1, 0.15) is 5.82 Å². The van der Waals surface area contributed by atoms with Crippen LogP contribution in [0.25, 0.3) is 10.9 Å². The maximum Gasteiger partial charge on any atom is 0.310 e. The lowest BCUT2D eigenvalue weighted by molar-refractivity contribution is -0.145. The van der Waals surface area contributed by atoms with Gasteiger partial charge in [-0.05, 0) is 30.7 Å². The van der Waals surface area contributed by atoms with Gasteiger partial charge in [0.15, 0.2) is 6.10 Å². The molecule has 0 amide bonds. The van der Waals surface area contributed by atoms with E-state index in [4.69, 9.17) is 4.74 Å². The summed E-state index contributed by atoms with van der Waals surface area (Å²) in [6, 6.07) is 13.1. The lowest BCUT2D eigenvalue weighted by atomic mass is 10.1. The van der Waals surface area contributed by atoms with Crippen LogP contribution in [0.15, 0.2) is 54.7 Å². The minimum absolute atomic E-state index is 0.0801. The maximum atomic E-state index is 13.1. The number of ether oxygens (including phenoxy) is 1. The SMILES string of the molecule is C[C@@H](OC(=O)Cc1cccc(F)c1)C(=O)c1c[nH]c2ccccc12. The van der Waals surface area contributed by atoms with Crippen molar-refractivity contribution in [2.75, 3.05) is 0 Å². The molecule has 1 N–H and O–H groups in total. The van der Waals surface area contributed by atoms with Crippen LogP contribution in [0.3, 0.4) is 0 Å². The molecule has 2 aromatic carbocycles. The first-order valence-electron chi connectivity index (χ1n) is 7.59. The average Bonchev–Trinajstić information content (AvgIpc) is 2.98. The molecule has 0 fully saturated rings. The van der Waals surface area contributed by atoms with E-state index < -0.39 is 17.9 Å². The van der Waals surface area contributed by atoms with Gasteiger partial charge in [-0.1, -0.05) is 30.3 Å². The molecule has 0 radical (unpaired) electrons. The molecule has 1 heterocycles. The summed E-state index contributed by atoms with van der Waals surface area (Å²) >= 11 is 0. The molecule has 1 aromatic heterocycles. The highest BCUT2D eigenvalue weighted by Crippen LogP contribution is 2.20. The zero-order chi connectivity index (χ0) is 17.1. The van der Waals surface area contributed by atoms with E-state index in [0.29, 0.717) is 11.1 Å². The van der Waals surface area contributed by atoms with Crippen molar-refractivity contribution in [1.29, 1.82) is 0 Å². The maximum absolute atomic E-state index is 13.1. The fourth-order valence-corrected chi connectivity index (χ4v) is 2.60. The molecule has 122 valence electrons. The number of benzene rings is 2. The first-order valence-corrected chi connectivity index (χ1v) is 7.59. The number of aromatic amines is 1. The molecule has 3 aromatic rings. The molecule has 24 heavy (non-hydrogen) atoms. The van der Waals surface area contributed by atoms with Crippen LogP contribution < -0.4 is 0 Å². The highest BCUT2D eigenvalue weighted by atomic mass is 19.1. The van der Waals surface area contributed by atoms with E-state index in [2.05, 4.69) is 4.98 Å². The second kappa shape index (κ2) is 6.66. The Bertz CT molecular complexity index is 900. The predicted octanol–water partition coefficient (Wildman–Crippen LogP) is 3.66. The molecule has 3 rings (SSSR count). The summed E-state index contributed by atoms with van der Waals surface area (Å²) in [7, 11) is 0. The molecule has 0 saturated heterocycles. The second-order valence-electron chi connectivity index (χ2n) is 5.55. The quantitative estimate of drug-likeness (QED) is 0.575. The summed E-state index contributed by atoms with van der Waals surface area (Å²) in [6.07, 6.45) is 0.623. The van der Waals surface area contributed by atoms with Crippen LogP contribution in [0.2, 0.25) is 0 Å². The highest BCUT2D eigenvalue weighted by Gasteiger charge is 2.22. The Kier molecular flexibility index (Phi) is 4.42. The number of hydrogen-bond donors (Lipinski definition) is 1. The first-order chi connectivity index (χ1) is 11.5. The molecule has 0 aliphatic rings. The molecular weight excluding hydrogens is 309 g/mol. The smallest absolute Gasteiger partial charge is 0.310 e. The van der Waals surface area contributed by atoms with E-state index in [-0.39, 0.29) is 12.2 Å². The van der Waals surface area contributed by atoms with E-state index >= 15 is 0 Å². The number of carbonyl (C=O) groups is 2. The van der Waals surface area contributed by atoms with Crippen molar-refractivity contribution in [2.45, 2.75) is 19.4 Å². The number of hydrogen-bond acceptors (Lipinski definition) is 3. The molecule has 0 unspecified atom stereocenters. The van der Waals surface area contributed by atoms with Crippen molar-refractivity contribution >= 4 is 22.7 Å². The zero-order valence-electron chi connectivity index (χ0n) is 13.1. The van der Waals surface area contributed by atoms with Gasteiger partial charge in [0.2, 0.25) is 5.78 Å². The fourth-order valence-electron chi connectivity index (χ4n) is 2.60. The molecular formula is C19H16FNO3. The van der Waals surface area contributed by atoms with E-state index in [1.165, 1.54) is 25.1 Å². The van der Waals surface area contributed by atoms with Crippen molar-refractivity contribution in [3.63, 3.8) is 0 Å². The summed E-state index contributed by atoms with van der Waals surface area (Å²) in [4.78, 5) is 27.5. The number of carbonyl (C=O) groups excluding carboxylic acids is 2. The zero-order valence-corrected chi connectivity index (χ0v) is 13.1. The summed E-state index contributed by atoms with van der Waals surface area (Å²) in [5.41, 5.74) is 1.84. The van der Waals surface area contributed by atoms with E-state index in [9.17, 15) is 14.0 Å². The normalized spacial score (nSPS) is 12.1. The Morgan fingerprint density at radius 2 is 1.96 bits per heavy atom. The number of ketones is 1. The fraction of sp³-hybridized carbons (Fsp3) is 0.158. The predicted molar refractivity (Wildman–Crippen MR) is 88.3 cm³/mol. The van der Waals surface area contributed by atoms with Crippen LogP contribution in [-0.2, 0) is 16.0 Å². The Balaban J connectivity index is 1.69. The minimum atomic E-state index is -0.912. The third kappa shape index (κ3) is 3.35. The van der Waals surface area contributed by atoms with Crippen LogP contribution in [0.5, 0.6) is 0 Å². The third-order valence-corrected chi connectivity index (χ3v) is 3.77. The van der Waals surface area contributed by atoms with Crippen molar-refractivity contribution in [3.8, 4) is 0 Å². The number of H-pyrrole nitrogens is 1. The summed E-state index contributed by atoms with van der Waals surface area (Å²) in [5.74, 6) is -1.26. The Morgan fingerprint density at radius 3 is 2.75 bits per heavy atom. The number of para-hydroxylation sites is 1. The largest absolute Gasteiger partial charge is 0.454 e. The van der Waals surface area contributed by atoms with Gasteiger partial charge in [-0.25, -0.2) is 4.39 Å². The van der Waals surface area contributed by atoms with Gasteiger partial charge in [-0.3, -0.25) is 9.59 Å². The summed E-state index contributed by atoms with van der Waals surface area (Å²) < 4.78 is 18.3. The average molecular weight is 325 g/mol. The Labute approximate surface area is 138 Å². The lowest BCUT2D eigenvalue weighted by Crippen LogP contribution is -2.25. The van der Waals surface area contributed by atoms with Gasteiger partial charge >= 0.3 is 5.97 Å². The van der Waals surface area contributed by atoms with Crippen LogP contribution in [0.1, 0.15) is 22.8 Å². The van der Waals surface area contributed by atoms with Gasteiger partial charge < -0.3 is 9.72 Å². The van der Waals surface area contributed by atoms with Gasteiger partial charge in [-0.2, -0.15) is 0 Å². The molecule has 1 atom stereocenters. The van der Waals surface area contributed by atoms with Crippen molar-refractivity contribution in [2.24, 2.45) is 0 Å². The number of aromatic nitrogens is 1. The van der Waals surface area contributed by atoms with Crippen molar-refractivity contribution in [1.82, 2.24) is 4.98 Å². The monoisotopic (exact) mass is 325 g/mol. The van der Waals surface area contributed by atoms with E-state index in [1.54, 1.807) is 12.3 Å². The number of Topliss-reactive ketones (excluding diaryl/α,β-unsaturated/α-hetero) is 1.